The van der Waals surface area contributed by atoms with Crippen LogP contribution >= 0.6 is 0 Å². The second-order valence-electron chi connectivity index (χ2n) is 8.50. The van der Waals surface area contributed by atoms with Crippen LogP contribution in [0.5, 0.6) is 0 Å². The smallest absolute Gasteiger partial charge is 0.282 e. The monoisotopic (exact) mass is 473 g/mol. The molecule has 0 saturated heterocycles. The number of nitrogens with one attached hydrogen (secondary N) is 1. The van der Waals surface area contributed by atoms with Gasteiger partial charge in [-0.15, -0.1) is 0 Å². The molecule has 0 aliphatic carbocycles. The van der Waals surface area contributed by atoms with Crippen LogP contribution in [0.3, 0.4) is 0 Å². The first-order valence-electron chi connectivity index (χ1n) is 11.3. The largest absolute Gasteiger partial charge is 0.343 e. The van der Waals surface area contributed by atoms with Crippen molar-refractivity contribution in [3.63, 3.8) is 0 Å². The molecule has 0 spiro atoms. The van der Waals surface area contributed by atoms with E-state index in [-0.39, 0.29) is 11.2 Å². The van der Waals surface area contributed by atoms with Crippen LogP contribution in [0.2, 0.25) is 0 Å². The molecule has 0 unspecified atom stereocenters. The average molecular weight is 473 g/mol. The molecule has 3 aromatic carbocycles. The highest BCUT2D eigenvalue weighted by Gasteiger charge is 2.22. The van der Waals surface area contributed by atoms with E-state index in [1.165, 1.54) is 16.6 Å². The van der Waals surface area contributed by atoms with E-state index in [9.17, 15) is 14.9 Å². The summed E-state index contributed by atoms with van der Waals surface area (Å²) in [7, 11) is 0. The molecule has 0 aliphatic heterocycles. The number of aromatic amines is 1. The van der Waals surface area contributed by atoms with Crippen molar-refractivity contribution in [2.24, 2.45) is 0 Å². The van der Waals surface area contributed by atoms with Gasteiger partial charge in [0.2, 0.25) is 0 Å². The molecule has 36 heavy (non-hydrogen) atoms. The zero-order chi connectivity index (χ0) is 24.8. The maximum absolute atomic E-state index is 13.8. The normalized spacial score (nSPS) is 11.2. The molecule has 8 nitrogen and oxygen atoms in total. The molecule has 0 bridgehead atoms. The summed E-state index contributed by atoms with van der Waals surface area (Å²) in [6.45, 7) is 1.87. The first kappa shape index (κ1) is 21.4. The summed E-state index contributed by atoms with van der Waals surface area (Å²) >= 11 is 0. The van der Waals surface area contributed by atoms with Crippen molar-refractivity contribution >= 4 is 22.2 Å². The van der Waals surface area contributed by atoms with E-state index in [0.29, 0.717) is 28.2 Å². The summed E-state index contributed by atoms with van der Waals surface area (Å²) in [4.78, 5) is 32.3. The van der Waals surface area contributed by atoms with Crippen LogP contribution < -0.4 is 5.56 Å². The molecular weight excluding hydrogens is 454 g/mol. The molecule has 0 atom stereocenters. The zero-order valence-corrected chi connectivity index (χ0v) is 19.2. The highest BCUT2D eigenvalue weighted by atomic mass is 16.6. The second-order valence-corrected chi connectivity index (χ2v) is 8.50. The van der Waals surface area contributed by atoms with Crippen molar-refractivity contribution in [3.05, 3.63) is 117 Å². The summed E-state index contributed by atoms with van der Waals surface area (Å²) in [6.07, 6.45) is 1.74. The van der Waals surface area contributed by atoms with E-state index >= 15 is 0 Å². The van der Waals surface area contributed by atoms with Crippen LogP contribution in [-0.2, 0) is 0 Å². The van der Waals surface area contributed by atoms with E-state index in [1.54, 1.807) is 18.3 Å². The quantitative estimate of drug-likeness (QED) is 0.258. The highest BCUT2D eigenvalue weighted by Crippen LogP contribution is 2.35. The third-order valence-corrected chi connectivity index (χ3v) is 6.28. The van der Waals surface area contributed by atoms with Crippen LogP contribution in [0.4, 0.5) is 5.69 Å². The van der Waals surface area contributed by atoms with Gasteiger partial charge >= 0.3 is 0 Å². The zero-order valence-electron chi connectivity index (χ0n) is 19.2. The lowest BCUT2D eigenvalue weighted by Crippen LogP contribution is -2.19. The molecule has 6 aromatic rings. The number of H-pyrrole nitrogens is 1. The number of fused-ring (bicyclic) bond motifs is 2. The van der Waals surface area contributed by atoms with Crippen LogP contribution in [0.25, 0.3) is 50.1 Å². The van der Waals surface area contributed by atoms with Gasteiger partial charge in [-0.3, -0.25) is 19.9 Å². The molecule has 0 radical (unpaired) electrons. The van der Waals surface area contributed by atoms with Crippen LogP contribution in [0, 0.1) is 17.0 Å². The van der Waals surface area contributed by atoms with E-state index in [0.717, 1.165) is 27.6 Å². The van der Waals surface area contributed by atoms with Gasteiger partial charge < -0.3 is 4.98 Å². The average Bonchev–Trinajstić information content (AvgIpc) is 3.28. The van der Waals surface area contributed by atoms with Gasteiger partial charge in [0.25, 0.3) is 11.2 Å². The maximum atomic E-state index is 13.8. The first-order valence-corrected chi connectivity index (χ1v) is 11.3. The molecule has 8 heteroatoms. The number of nitro groups is 1. The molecule has 0 fully saturated rings. The van der Waals surface area contributed by atoms with Crippen molar-refractivity contribution in [3.8, 4) is 33.5 Å². The standard InChI is InChI=1S/C28H19N5O3/c1-17-24(21-11-14-23-20(16-21)8-5-15-29-23)28(34)32-27(30-17)25(18-6-3-2-4-7-18)26(31-32)19-9-12-22(13-10-19)33(35)36/h2-16,30H,1H3. The number of pyridine rings is 1. The number of nitro benzene ring substituents is 1. The molecule has 0 amide bonds. The summed E-state index contributed by atoms with van der Waals surface area (Å²) in [5.74, 6) is 0. The Kier molecular flexibility index (Phi) is 4.93. The number of hydrogen-bond donors (Lipinski definition) is 1. The summed E-state index contributed by atoms with van der Waals surface area (Å²) < 4.78 is 1.38. The maximum Gasteiger partial charge on any atom is 0.282 e. The van der Waals surface area contributed by atoms with Gasteiger partial charge in [0.15, 0.2) is 0 Å². The number of nitrogens with zero attached hydrogens (tertiary/aromatic N) is 4. The minimum absolute atomic E-state index is 0.0104. The van der Waals surface area contributed by atoms with Gasteiger partial charge in [0.1, 0.15) is 11.3 Å². The minimum Gasteiger partial charge on any atom is -0.343 e. The van der Waals surface area contributed by atoms with Gasteiger partial charge in [-0.1, -0.05) is 42.5 Å². The Bertz CT molecular complexity index is 1840. The topological polar surface area (TPSA) is 106 Å². The van der Waals surface area contributed by atoms with Crippen molar-refractivity contribution in [1.29, 1.82) is 0 Å². The fourth-order valence-electron chi connectivity index (χ4n) is 4.58. The van der Waals surface area contributed by atoms with E-state index in [2.05, 4.69) is 9.97 Å². The molecule has 1 N–H and O–H groups in total. The molecule has 0 aliphatic rings. The van der Waals surface area contributed by atoms with Gasteiger partial charge in [-0.25, -0.2) is 0 Å². The number of non-ortho nitro benzene ring substituents is 1. The third-order valence-electron chi connectivity index (χ3n) is 6.28. The van der Waals surface area contributed by atoms with E-state index in [4.69, 9.17) is 5.10 Å². The van der Waals surface area contributed by atoms with Crippen molar-refractivity contribution in [2.45, 2.75) is 6.92 Å². The Morgan fingerprint density at radius 3 is 2.36 bits per heavy atom. The first-order chi connectivity index (χ1) is 17.5. The van der Waals surface area contributed by atoms with E-state index in [1.807, 2.05) is 67.6 Å². The molecule has 6 rings (SSSR count). The Balaban J connectivity index is 1.63. The van der Waals surface area contributed by atoms with Gasteiger partial charge in [0, 0.05) is 35.0 Å². The van der Waals surface area contributed by atoms with Crippen LogP contribution in [0.1, 0.15) is 5.69 Å². The lowest BCUT2D eigenvalue weighted by Gasteiger charge is -2.09. The number of aromatic nitrogens is 4. The highest BCUT2D eigenvalue weighted by molar-refractivity contribution is 5.91. The predicted octanol–water partition coefficient (Wildman–Crippen LogP) is 5.79. The number of benzene rings is 3. The van der Waals surface area contributed by atoms with Crippen LogP contribution in [-0.4, -0.2) is 24.5 Å². The second kappa shape index (κ2) is 8.28. The van der Waals surface area contributed by atoms with Crippen molar-refractivity contribution in [1.82, 2.24) is 19.6 Å². The van der Waals surface area contributed by atoms with Crippen LogP contribution in [0.15, 0.2) is 95.9 Å². The molecule has 3 heterocycles. The number of rotatable bonds is 4. The predicted molar refractivity (Wildman–Crippen MR) is 139 cm³/mol. The van der Waals surface area contributed by atoms with Crippen molar-refractivity contribution in [2.75, 3.05) is 0 Å². The molecule has 3 aromatic heterocycles. The third kappa shape index (κ3) is 3.43. The van der Waals surface area contributed by atoms with Crippen molar-refractivity contribution < 1.29 is 4.92 Å². The Labute approximate surface area is 204 Å². The van der Waals surface area contributed by atoms with Gasteiger partial charge in [-0.2, -0.15) is 9.61 Å². The summed E-state index contributed by atoms with van der Waals surface area (Å²) in [6, 6.07) is 25.4. The number of hydrogen-bond acceptors (Lipinski definition) is 5. The summed E-state index contributed by atoms with van der Waals surface area (Å²) in [5.41, 5.74) is 6.00. The lowest BCUT2D eigenvalue weighted by atomic mass is 10.0. The van der Waals surface area contributed by atoms with E-state index < -0.39 is 4.92 Å². The molecular formula is C28H19N5O3. The Hall–Kier alpha value is -5.11. The SMILES string of the molecule is Cc1[nH]c2c(-c3ccccc3)c(-c3ccc([N+](=O)[O-])cc3)nn2c(=O)c1-c1ccc2ncccc2c1. The number of aryl methyl sites for hydroxylation is 1. The van der Waals surface area contributed by atoms with Gasteiger partial charge in [-0.05, 0) is 48.4 Å². The van der Waals surface area contributed by atoms with Gasteiger partial charge in [0.05, 0.1) is 21.6 Å². The molecule has 174 valence electrons. The Morgan fingerprint density at radius 1 is 0.861 bits per heavy atom. The minimum atomic E-state index is -0.441. The fourth-order valence-corrected chi connectivity index (χ4v) is 4.58. The lowest BCUT2D eigenvalue weighted by molar-refractivity contribution is -0.384. The fraction of sp³-hybridized carbons (Fsp3) is 0.0357. The molecule has 0 saturated carbocycles. The Morgan fingerprint density at radius 2 is 1.61 bits per heavy atom. The summed E-state index contributed by atoms with van der Waals surface area (Å²) in [5, 5.41) is 16.8.